The summed E-state index contributed by atoms with van der Waals surface area (Å²) in [4.78, 5) is 11.7. The van der Waals surface area contributed by atoms with Gasteiger partial charge in [0, 0.05) is 5.39 Å². The molecule has 0 aliphatic rings. The quantitative estimate of drug-likeness (QED) is 0.764. The Morgan fingerprint density at radius 3 is 2.37 bits per heavy atom. The van der Waals surface area contributed by atoms with Crippen molar-refractivity contribution >= 4 is 16.6 Å². The number of fused-ring (bicyclic) bond motifs is 1. The van der Waals surface area contributed by atoms with Crippen LogP contribution in [0, 0.1) is 0 Å². The Labute approximate surface area is 113 Å². The molecule has 0 unspecified atom stereocenters. The third-order valence-corrected chi connectivity index (χ3v) is 2.92. The summed E-state index contributed by atoms with van der Waals surface area (Å²) in [6.45, 7) is 6.55. The van der Waals surface area contributed by atoms with Crippen LogP contribution in [0.2, 0.25) is 0 Å². The fraction of sp³-hybridized carbons (Fsp3) is 0.312. The second kappa shape index (κ2) is 5.74. The average Bonchev–Trinajstić information content (AvgIpc) is 2.39. The highest BCUT2D eigenvalue weighted by atomic mass is 16.5. The molecule has 0 aliphatic carbocycles. The van der Waals surface area contributed by atoms with Gasteiger partial charge in [0.05, 0.1) is 18.8 Å². The second-order valence-electron chi connectivity index (χ2n) is 4.25. The van der Waals surface area contributed by atoms with Gasteiger partial charge in [-0.2, -0.15) is 0 Å². The van der Waals surface area contributed by atoms with Crippen molar-refractivity contribution in [2.24, 2.45) is 0 Å². The molecule has 19 heavy (non-hydrogen) atoms. The number of Topliss-reactive ketones (excluding diaryl/α,β-unsaturated/α-hetero) is 1. The van der Waals surface area contributed by atoms with Crippen molar-refractivity contribution in [3.05, 3.63) is 35.9 Å². The van der Waals surface area contributed by atoms with E-state index in [1.54, 1.807) is 6.92 Å². The van der Waals surface area contributed by atoms with Crippen LogP contribution in [-0.4, -0.2) is 19.0 Å². The monoisotopic (exact) mass is 258 g/mol. The van der Waals surface area contributed by atoms with Gasteiger partial charge in [-0.3, -0.25) is 4.79 Å². The molecule has 2 aromatic rings. The standard InChI is InChI=1S/C16H18O3/c1-4-18-13-8-6-12-7-9-14(11(3)17)16(19-5-2)15(12)10-13/h6-10H,4-5H2,1-3H3. The highest BCUT2D eigenvalue weighted by Gasteiger charge is 2.13. The lowest BCUT2D eigenvalue weighted by atomic mass is 10.0. The highest BCUT2D eigenvalue weighted by Crippen LogP contribution is 2.33. The predicted molar refractivity (Wildman–Crippen MR) is 76.3 cm³/mol. The van der Waals surface area contributed by atoms with Gasteiger partial charge in [0.15, 0.2) is 5.78 Å². The van der Waals surface area contributed by atoms with E-state index in [2.05, 4.69) is 0 Å². The Kier molecular flexibility index (Phi) is 4.05. The Bertz CT molecular complexity index is 602. The van der Waals surface area contributed by atoms with E-state index in [1.165, 1.54) is 0 Å². The maximum atomic E-state index is 11.7. The lowest BCUT2D eigenvalue weighted by Gasteiger charge is -2.13. The van der Waals surface area contributed by atoms with Crippen molar-refractivity contribution in [1.82, 2.24) is 0 Å². The van der Waals surface area contributed by atoms with Crippen molar-refractivity contribution in [1.29, 1.82) is 0 Å². The fourth-order valence-electron chi connectivity index (χ4n) is 2.10. The van der Waals surface area contributed by atoms with Crippen LogP contribution in [0.4, 0.5) is 0 Å². The maximum Gasteiger partial charge on any atom is 0.163 e. The van der Waals surface area contributed by atoms with Crippen molar-refractivity contribution in [2.45, 2.75) is 20.8 Å². The maximum absolute atomic E-state index is 11.7. The summed E-state index contributed by atoms with van der Waals surface area (Å²) in [6.07, 6.45) is 0. The van der Waals surface area contributed by atoms with E-state index in [9.17, 15) is 4.79 Å². The summed E-state index contributed by atoms with van der Waals surface area (Å²) in [5.41, 5.74) is 0.614. The minimum atomic E-state index is 0.00663. The van der Waals surface area contributed by atoms with Crippen LogP contribution in [0.25, 0.3) is 10.8 Å². The topological polar surface area (TPSA) is 35.5 Å². The summed E-state index contributed by atoms with van der Waals surface area (Å²) < 4.78 is 11.2. The average molecular weight is 258 g/mol. The zero-order valence-corrected chi connectivity index (χ0v) is 11.5. The van der Waals surface area contributed by atoms with Gasteiger partial charge in [0.2, 0.25) is 0 Å². The van der Waals surface area contributed by atoms with Crippen LogP contribution in [0.5, 0.6) is 11.5 Å². The number of ether oxygens (including phenoxy) is 2. The number of hydrogen-bond acceptors (Lipinski definition) is 3. The Morgan fingerprint density at radius 2 is 1.74 bits per heavy atom. The van der Waals surface area contributed by atoms with Crippen LogP contribution in [-0.2, 0) is 0 Å². The summed E-state index contributed by atoms with van der Waals surface area (Å²) in [6, 6.07) is 9.58. The molecule has 0 fully saturated rings. The molecule has 0 aromatic heterocycles. The van der Waals surface area contributed by atoms with Gasteiger partial charge >= 0.3 is 0 Å². The van der Waals surface area contributed by atoms with E-state index in [0.29, 0.717) is 24.5 Å². The van der Waals surface area contributed by atoms with Crippen molar-refractivity contribution in [2.75, 3.05) is 13.2 Å². The molecule has 0 aliphatic heterocycles. The molecule has 0 atom stereocenters. The van der Waals surface area contributed by atoms with Gasteiger partial charge in [-0.25, -0.2) is 0 Å². The first kappa shape index (κ1) is 13.4. The van der Waals surface area contributed by atoms with Crippen molar-refractivity contribution in [3.8, 4) is 11.5 Å². The largest absolute Gasteiger partial charge is 0.494 e. The molecule has 0 saturated carbocycles. The molecular formula is C16H18O3. The number of carbonyl (C=O) groups is 1. The van der Waals surface area contributed by atoms with Gasteiger partial charge in [-0.1, -0.05) is 12.1 Å². The van der Waals surface area contributed by atoms with Gasteiger partial charge in [-0.15, -0.1) is 0 Å². The number of hydrogen-bond donors (Lipinski definition) is 0. The van der Waals surface area contributed by atoms with Crippen LogP contribution in [0.3, 0.4) is 0 Å². The minimum Gasteiger partial charge on any atom is -0.494 e. The van der Waals surface area contributed by atoms with Crippen LogP contribution in [0.15, 0.2) is 30.3 Å². The fourth-order valence-corrected chi connectivity index (χ4v) is 2.10. The van der Waals surface area contributed by atoms with E-state index in [0.717, 1.165) is 16.5 Å². The number of rotatable bonds is 5. The molecule has 0 radical (unpaired) electrons. The second-order valence-corrected chi connectivity index (χ2v) is 4.25. The molecule has 0 saturated heterocycles. The third kappa shape index (κ3) is 2.70. The molecule has 0 heterocycles. The smallest absolute Gasteiger partial charge is 0.163 e. The first-order valence-electron chi connectivity index (χ1n) is 6.50. The molecule has 0 amide bonds. The van der Waals surface area contributed by atoms with Crippen molar-refractivity contribution < 1.29 is 14.3 Å². The minimum absolute atomic E-state index is 0.00663. The highest BCUT2D eigenvalue weighted by molar-refractivity contribution is 6.04. The van der Waals surface area contributed by atoms with Gasteiger partial charge in [0.1, 0.15) is 11.5 Å². The van der Waals surface area contributed by atoms with E-state index in [4.69, 9.17) is 9.47 Å². The summed E-state index contributed by atoms with van der Waals surface area (Å²) in [5.74, 6) is 1.44. The third-order valence-electron chi connectivity index (χ3n) is 2.92. The van der Waals surface area contributed by atoms with E-state index in [1.807, 2.05) is 44.2 Å². The summed E-state index contributed by atoms with van der Waals surface area (Å²) in [7, 11) is 0. The van der Waals surface area contributed by atoms with E-state index in [-0.39, 0.29) is 5.78 Å². The van der Waals surface area contributed by atoms with Gasteiger partial charge in [0.25, 0.3) is 0 Å². The molecule has 100 valence electrons. The van der Waals surface area contributed by atoms with Crippen LogP contribution < -0.4 is 9.47 Å². The van der Waals surface area contributed by atoms with Gasteiger partial charge < -0.3 is 9.47 Å². The van der Waals surface area contributed by atoms with Crippen LogP contribution in [0.1, 0.15) is 31.1 Å². The summed E-state index contributed by atoms with van der Waals surface area (Å²) >= 11 is 0. The molecule has 2 rings (SSSR count). The SMILES string of the molecule is CCOc1ccc2ccc(C(C)=O)c(OCC)c2c1. The molecule has 0 spiro atoms. The van der Waals surface area contributed by atoms with E-state index < -0.39 is 0 Å². The Morgan fingerprint density at radius 1 is 1.05 bits per heavy atom. The Hall–Kier alpha value is -2.03. The van der Waals surface area contributed by atoms with Gasteiger partial charge in [-0.05, 0) is 44.4 Å². The molecular weight excluding hydrogens is 240 g/mol. The molecule has 0 bridgehead atoms. The lowest BCUT2D eigenvalue weighted by Crippen LogP contribution is -2.01. The lowest BCUT2D eigenvalue weighted by molar-refractivity contribution is 0.101. The normalized spacial score (nSPS) is 10.5. The van der Waals surface area contributed by atoms with E-state index >= 15 is 0 Å². The zero-order chi connectivity index (χ0) is 13.8. The predicted octanol–water partition coefficient (Wildman–Crippen LogP) is 3.84. The Balaban J connectivity index is 2.66. The zero-order valence-electron chi connectivity index (χ0n) is 11.5. The first-order chi connectivity index (χ1) is 9.17. The van der Waals surface area contributed by atoms with Crippen molar-refractivity contribution in [3.63, 3.8) is 0 Å². The molecule has 2 aromatic carbocycles. The number of carbonyl (C=O) groups excluding carboxylic acids is 1. The number of ketones is 1. The first-order valence-corrected chi connectivity index (χ1v) is 6.50. The molecule has 3 nitrogen and oxygen atoms in total. The molecule has 3 heteroatoms. The summed E-state index contributed by atoms with van der Waals surface area (Å²) in [5, 5.41) is 1.96. The van der Waals surface area contributed by atoms with Crippen LogP contribution >= 0.6 is 0 Å². The number of benzene rings is 2. The molecule has 0 N–H and O–H groups in total.